The predicted molar refractivity (Wildman–Crippen MR) is 227 cm³/mol. The molecule has 1 aromatic carbocycles. The van der Waals surface area contributed by atoms with Crippen LogP contribution in [-0.2, 0) is 54.4 Å². The fourth-order valence-electron chi connectivity index (χ4n) is 5.84. The van der Waals surface area contributed by atoms with Gasteiger partial charge in [0, 0.05) is 12.8 Å². The summed E-state index contributed by atoms with van der Waals surface area (Å²) in [5, 5.41) is 57.0. The minimum absolute atomic E-state index is 0.0964. The van der Waals surface area contributed by atoms with Crippen LogP contribution in [0.1, 0.15) is 71.8 Å². The molecular weight excluding hydrogens is 844 g/mol. The molecule has 6 unspecified atom stereocenters. The molecule has 0 aliphatic rings. The van der Waals surface area contributed by atoms with E-state index in [0.29, 0.717) is 31.4 Å². The van der Waals surface area contributed by atoms with E-state index < -0.39 is 140 Å². The zero-order chi connectivity index (χ0) is 48.5. The SMILES string of the molecule is CC(C)CC(N)C(=O)NCC(=O)NC(CCC(=O)O)C(=O)NCC(=O)NC(CO)C(=O)NC(Cc1ccc(O)cc1)C(=O)NCC(=O)NC(CCCCN)C(=O)NC(C(=O)O)C(C)C. The van der Waals surface area contributed by atoms with Gasteiger partial charge in [-0.1, -0.05) is 39.8 Å². The molecule has 0 fully saturated rings. The molecule has 0 aromatic heterocycles. The number of carbonyl (C=O) groups excluding carboxylic acids is 8. The number of aliphatic carboxylic acids is 2. The van der Waals surface area contributed by atoms with Crippen LogP contribution in [-0.4, -0.2) is 149 Å². The summed E-state index contributed by atoms with van der Waals surface area (Å²) in [6.07, 6.45) is 0.148. The smallest absolute Gasteiger partial charge is 0.326 e. The molecule has 6 atom stereocenters. The minimum Gasteiger partial charge on any atom is -0.508 e. The lowest BCUT2D eigenvalue weighted by molar-refractivity contribution is -0.143. The fraction of sp³-hybridized carbons (Fsp3) is 0.600. The largest absolute Gasteiger partial charge is 0.508 e. The van der Waals surface area contributed by atoms with Crippen LogP contribution >= 0.6 is 0 Å². The average molecular weight is 909 g/mol. The molecule has 0 saturated heterocycles. The Bertz CT molecular complexity index is 1760. The van der Waals surface area contributed by atoms with Gasteiger partial charge in [0.2, 0.25) is 47.3 Å². The Morgan fingerprint density at radius 2 is 1.09 bits per heavy atom. The van der Waals surface area contributed by atoms with Gasteiger partial charge in [-0.3, -0.25) is 43.2 Å². The Balaban J connectivity index is 3.03. The standard InChI is InChI=1S/C40H64N10O14/c1-21(2)15-25(42)35(58)43-17-30(53)47-27(12-13-33(56)57)36(59)44-19-32(55)48-29(20-51)39(62)49-28(16-23-8-10-24(52)11-9-23)37(60)45-18-31(54)46-26(7-5-6-14-41)38(61)50-34(22(3)4)40(63)64/h8-11,21-22,25-29,34,51-52H,5-7,12-20,41-42H2,1-4H3,(H,43,58)(H,44,59)(H,45,60)(H,46,54)(H,47,53)(H,48,55)(H,49,62)(H,50,61)(H,56,57)(H,63,64). The second-order valence-corrected chi connectivity index (χ2v) is 15.6. The summed E-state index contributed by atoms with van der Waals surface area (Å²) in [6, 6.07) is -2.44. The molecule has 0 aliphatic carbocycles. The third kappa shape index (κ3) is 22.1. The summed E-state index contributed by atoms with van der Waals surface area (Å²) in [4.78, 5) is 126. The van der Waals surface area contributed by atoms with Crippen LogP contribution in [0.15, 0.2) is 24.3 Å². The van der Waals surface area contributed by atoms with Crippen molar-refractivity contribution in [3.8, 4) is 5.75 Å². The Morgan fingerprint density at radius 1 is 0.609 bits per heavy atom. The van der Waals surface area contributed by atoms with Crippen molar-refractivity contribution in [2.45, 2.75) is 109 Å². The first-order valence-corrected chi connectivity index (χ1v) is 20.7. The Hall–Kier alpha value is -6.40. The highest BCUT2D eigenvalue weighted by atomic mass is 16.4. The second kappa shape index (κ2) is 29.1. The van der Waals surface area contributed by atoms with Gasteiger partial charge >= 0.3 is 11.9 Å². The number of nitrogens with two attached hydrogens (primary N) is 2. The van der Waals surface area contributed by atoms with Gasteiger partial charge in [0.25, 0.3) is 0 Å². The van der Waals surface area contributed by atoms with Gasteiger partial charge in [-0.05, 0) is 68.2 Å². The zero-order valence-corrected chi connectivity index (χ0v) is 36.4. The van der Waals surface area contributed by atoms with Crippen LogP contribution in [0.25, 0.3) is 0 Å². The molecule has 8 amide bonds. The van der Waals surface area contributed by atoms with Crippen molar-refractivity contribution in [2.24, 2.45) is 23.3 Å². The highest BCUT2D eigenvalue weighted by Gasteiger charge is 2.31. The van der Waals surface area contributed by atoms with Crippen molar-refractivity contribution >= 4 is 59.2 Å². The highest BCUT2D eigenvalue weighted by molar-refractivity contribution is 5.96. The number of aromatic hydroxyl groups is 1. The molecule has 0 bridgehead atoms. The van der Waals surface area contributed by atoms with Crippen LogP contribution < -0.4 is 54.0 Å². The second-order valence-electron chi connectivity index (χ2n) is 15.6. The van der Waals surface area contributed by atoms with Crippen LogP contribution in [0.4, 0.5) is 0 Å². The van der Waals surface area contributed by atoms with Gasteiger partial charge in [-0.2, -0.15) is 0 Å². The molecule has 64 heavy (non-hydrogen) atoms. The number of amides is 8. The zero-order valence-electron chi connectivity index (χ0n) is 36.4. The van der Waals surface area contributed by atoms with E-state index in [1.165, 1.54) is 24.3 Å². The van der Waals surface area contributed by atoms with Crippen molar-refractivity contribution in [1.82, 2.24) is 42.5 Å². The van der Waals surface area contributed by atoms with E-state index in [-0.39, 0.29) is 24.5 Å². The monoisotopic (exact) mass is 908 g/mol. The number of phenolic OH excluding ortho intramolecular Hbond substituents is 1. The van der Waals surface area contributed by atoms with Gasteiger partial charge in [-0.25, -0.2) is 4.79 Å². The molecule has 0 saturated carbocycles. The summed E-state index contributed by atoms with van der Waals surface area (Å²) >= 11 is 0. The molecule has 0 aliphatic heterocycles. The van der Waals surface area contributed by atoms with Gasteiger partial charge in [-0.15, -0.1) is 0 Å². The molecule has 24 nitrogen and oxygen atoms in total. The number of rotatable bonds is 30. The Kier molecular flexibility index (Phi) is 25.3. The third-order valence-electron chi connectivity index (χ3n) is 9.30. The van der Waals surface area contributed by atoms with Crippen LogP contribution in [0.2, 0.25) is 0 Å². The number of nitrogens with one attached hydrogen (secondary N) is 8. The topological polar surface area (TPSA) is 400 Å². The van der Waals surface area contributed by atoms with Gasteiger partial charge in [0.15, 0.2) is 0 Å². The number of carbonyl (C=O) groups is 10. The molecule has 0 spiro atoms. The first-order chi connectivity index (χ1) is 30.1. The number of benzene rings is 1. The Morgan fingerprint density at radius 3 is 1.56 bits per heavy atom. The van der Waals surface area contributed by atoms with E-state index in [9.17, 15) is 63.3 Å². The molecule has 24 heteroatoms. The molecule has 1 aromatic rings. The van der Waals surface area contributed by atoms with E-state index in [1.807, 2.05) is 13.8 Å². The van der Waals surface area contributed by atoms with Crippen molar-refractivity contribution in [1.29, 1.82) is 0 Å². The lowest BCUT2D eigenvalue weighted by Gasteiger charge is -2.24. The molecule has 16 N–H and O–H groups in total. The first-order valence-electron chi connectivity index (χ1n) is 20.7. The van der Waals surface area contributed by atoms with E-state index >= 15 is 0 Å². The van der Waals surface area contributed by atoms with Crippen molar-refractivity contribution in [3.05, 3.63) is 29.8 Å². The van der Waals surface area contributed by atoms with Crippen molar-refractivity contribution < 1.29 is 68.4 Å². The predicted octanol–water partition coefficient (Wildman–Crippen LogP) is -4.19. The summed E-state index contributed by atoms with van der Waals surface area (Å²) in [7, 11) is 0. The van der Waals surface area contributed by atoms with Crippen molar-refractivity contribution in [3.63, 3.8) is 0 Å². The van der Waals surface area contributed by atoms with Crippen molar-refractivity contribution in [2.75, 3.05) is 32.8 Å². The number of hydrogen-bond acceptors (Lipinski definition) is 14. The highest BCUT2D eigenvalue weighted by Crippen LogP contribution is 2.12. The fourth-order valence-corrected chi connectivity index (χ4v) is 5.84. The number of carboxylic acid groups (broad SMARTS) is 2. The average Bonchev–Trinajstić information content (AvgIpc) is 3.22. The van der Waals surface area contributed by atoms with E-state index in [0.717, 1.165) is 0 Å². The summed E-state index contributed by atoms with van der Waals surface area (Å²) in [6.45, 7) is 4.06. The number of carboxylic acids is 2. The summed E-state index contributed by atoms with van der Waals surface area (Å²) < 4.78 is 0. The molecule has 1 rings (SSSR count). The van der Waals surface area contributed by atoms with E-state index in [2.05, 4.69) is 42.5 Å². The Labute approximate surface area is 370 Å². The van der Waals surface area contributed by atoms with Crippen LogP contribution in [0.3, 0.4) is 0 Å². The minimum atomic E-state index is -1.70. The van der Waals surface area contributed by atoms with E-state index in [1.54, 1.807) is 13.8 Å². The lowest BCUT2D eigenvalue weighted by Crippen LogP contribution is -2.58. The normalized spacial score (nSPS) is 13.8. The molecule has 0 radical (unpaired) electrons. The quantitative estimate of drug-likeness (QED) is 0.0326. The van der Waals surface area contributed by atoms with Crippen LogP contribution in [0.5, 0.6) is 5.75 Å². The lowest BCUT2D eigenvalue weighted by atomic mass is 10.0. The van der Waals surface area contributed by atoms with Crippen LogP contribution in [0, 0.1) is 11.8 Å². The van der Waals surface area contributed by atoms with Gasteiger partial charge in [0.1, 0.15) is 36.0 Å². The third-order valence-corrected chi connectivity index (χ3v) is 9.30. The number of hydrogen-bond donors (Lipinski definition) is 14. The van der Waals surface area contributed by atoms with Gasteiger partial charge < -0.3 is 74.4 Å². The number of phenols is 1. The first kappa shape index (κ1) is 55.6. The maximum Gasteiger partial charge on any atom is 0.326 e. The number of aliphatic hydroxyl groups excluding tert-OH is 1. The van der Waals surface area contributed by atoms with Gasteiger partial charge in [0.05, 0.1) is 32.3 Å². The maximum absolute atomic E-state index is 13.5. The molecule has 0 heterocycles. The maximum atomic E-state index is 13.5. The van der Waals surface area contributed by atoms with E-state index in [4.69, 9.17) is 16.6 Å². The summed E-state index contributed by atoms with van der Waals surface area (Å²) in [5.41, 5.74) is 11.8. The number of aliphatic hydroxyl groups is 1. The molecule has 358 valence electrons. The molecular formula is C40H64N10O14. The summed E-state index contributed by atoms with van der Waals surface area (Å²) in [5.74, 6) is -10.2. The number of unbranched alkanes of at least 4 members (excludes halogenated alkanes) is 1.